The molecule has 0 aliphatic carbocycles. The number of carboxylic acid groups (broad SMARTS) is 1. The molecule has 0 heterocycles. The molecule has 0 aromatic heterocycles. The molecule has 6 nitrogen and oxygen atoms in total. The molecule has 1 atom stereocenters. The number of ether oxygens (including phenoxy) is 1. The Bertz CT molecular complexity index is 435. The van der Waals surface area contributed by atoms with Crippen LogP contribution < -0.4 is 0 Å². The number of carboxylic acids is 1. The van der Waals surface area contributed by atoms with Gasteiger partial charge >= 0.3 is 5.97 Å². The fraction of sp³-hybridized carbons (Fsp3) is 0.462. The minimum Gasteiger partial charge on any atom is -0.508 e. The average Bonchev–Trinajstić information content (AvgIpc) is 2.36. The standard InChI is InChI=1S/C13H19NO5/c1-9(11-7-10(15)3-4-12(11)16)14(5-6-19-2)8-13(17)18/h3-4,7,9,15-16H,5-6,8H2,1-2H3,(H,17,18). The Morgan fingerprint density at radius 3 is 2.68 bits per heavy atom. The highest BCUT2D eigenvalue weighted by Crippen LogP contribution is 2.31. The second kappa shape index (κ2) is 6.96. The Morgan fingerprint density at radius 1 is 1.42 bits per heavy atom. The first-order valence-corrected chi connectivity index (χ1v) is 5.92. The van der Waals surface area contributed by atoms with Gasteiger partial charge in [0.05, 0.1) is 13.2 Å². The zero-order valence-electron chi connectivity index (χ0n) is 11.0. The summed E-state index contributed by atoms with van der Waals surface area (Å²) in [5, 5.41) is 28.2. The molecular formula is C13H19NO5. The second-order valence-corrected chi connectivity index (χ2v) is 4.28. The van der Waals surface area contributed by atoms with Crippen molar-refractivity contribution in [1.82, 2.24) is 4.90 Å². The summed E-state index contributed by atoms with van der Waals surface area (Å²) < 4.78 is 4.95. The number of benzene rings is 1. The molecule has 0 radical (unpaired) electrons. The summed E-state index contributed by atoms with van der Waals surface area (Å²) in [6.07, 6.45) is 0. The molecule has 6 heteroatoms. The van der Waals surface area contributed by atoms with Gasteiger partial charge in [0, 0.05) is 25.3 Å². The Balaban J connectivity index is 2.93. The lowest BCUT2D eigenvalue weighted by Crippen LogP contribution is -2.35. The van der Waals surface area contributed by atoms with E-state index in [9.17, 15) is 15.0 Å². The van der Waals surface area contributed by atoms with Crippen molar-refractivity contribution in [2.45, 2.75) is 13.0 Å². The molecule has 1 unspecified atom stereocenters. The van der Waals surface area contributed by atoms with E-state index in [1.807, 2.05) is 0 Å². The summed E-state index contributed by atoms with van der Waals surface area (Å²) in [7, 11) is 1.54. The third kappa shape index (κ3) is 4.42. The monoisotopic (exact) mass is 269 g/mol. The van der Waals surface area contributed by atoms with Crippen LogP contribution in [0, 0.1) is 0 Å². The molecule has 0 bridgehead atoms. The van der Waals surface area contributed by atoms with Crippen LogP contribution in [0.2, 0.25) is 0 Å². The third-order valence-electron chi connectivity index (χ3n) is 2.93. The van der Waals surface area contributed by atoms with Gasteiger partial charge in [-0.05, 0) is 25.1 Å². The lowest BCUT2D eigenvalue weighted by molar-refractivity contribution is -0.139. The van der Waals surface area contributed by atoms with Gasteiger partial charge < -0.3 is 20.1 Å². The molecule has 1 rings (SSSR count). The first-order valence-electron chi connectivity index (χ1n) is 5.92. The molecule has 0 amide bonds. The largest absolute Gasteiger partial charge is 0.508 e. The number of hydrogen-bond acceptors (Lipinski definition) is 5. The normalized spacial score (nSPS) is 12.6. The molecule has 3 N–H and O–H groups in total. The van der Waals surface area contributed by atoms with Crippen LogP contribution in [0.15, 0.2) is 18.2 Å². The molecule has 0 aliphatic heterocycles. The molecule has 0 saturated heterocycles. The molecule has 19 heavy (non-hydrogen) atoms. The van der Waals surface area contributed by atoms with Crippen LogP contribution >= 0.6 is 0 Å². The van der Waals surface area contributed by atoms with E-state index in [-0.39, 0.29) is 24.1 Å². The van der Waals surface area contributed by atoms with E-state index in [2.05, 4.69) is 0 Å². The number of methoxy groups -OCH3 is 1. The number of aromatic hydroxyl groups is 2. The lowest BCUT2D eigenvalue weighted by Gasteiger charge is -2.28. The summed E-state index contributed by atoms with van der Waals surface area (Å²) >= 11 is 0. The zero-order chi connectivity index (χ0) is 14.4. The number of hydrogen-bond donors (Lipinski definition) is 3. The molecular weight excluding hydrogens is 250 g/mol. The Labute approximate surface area is 111 Å². The van der Waals surface area contributed by atoms with Crippen molar-refractivity contribution >= 4 is 5.97 Å². The van der Waals surface area contributed by atoms with Gasteiger partial charge in [-0.15, -0.1) is 0 Å². The van der Waals surface area contributed by atoms with Crippen LogP contribution in [0.3, 0.4) is 0 Å². The average molecular weight is 269 g/mol. The van der Waals surface area contributed by atoms with E-state index in [1.165, 1.54) is 25.3 Å². The predicted octanol–water partition coefficient (Wildman–Crippen LogP) is 1.19. The van der Waals surface area contributed by atoms with Crippen molar-refractivity contribution in [3.63, 3.8) is 0 Å². The molecule has 1 aromatic rings. The van der Waals surface area contributed by atoms with E-state index in [0.717, 1.165) is 0 Å². The fourth-order valence-electron chi connectivity index (χ4n) is 1.87. The third-order valence-corrected chi connectivity index (χ3v) is 2.93. The quantitative estimate of drug-likeness (QED) is 0.644. The number of phenolic OH excluding ortho intramolecular Hbond substituents is 2. The van der Waals surface area contributed by atoms with Crippen LogP contribution in [0.4, 0.5) is 0 Å². The van der Waals surface area contributed by atoms with E-state index in [4.69, 9.17) is 9.84 Å². The highest BCUT2D eigenvalue weighted by atomic mass is 16.5. The molecule has 0 saturated carbocycles. The lowest BCUT2D eigenvalue weighted by atomic mass is 10.1. The zero-order valence-corrected chi connectivity index (χ0v) is 11.0. The first kappa shape index (κ1) is 15.3. The molecule has 1 aromatic carbocycles. The Hall–Kier alpha value is -1.79. The number of aliphatic carboxylic acids is 1. The van der Waals surface area contributed by atoms with E-state index in [1.54, 1.807) is 11.8 Å². The maximum absolute atomic E-state index is 10.9. The summed E-state index contributed by atoms with van der Waals surface area (Å²) in [5.41, 5.74) is 0.484. The smallest absolute Gasteiger partial charge is 0.317 e. The molecule has 0 spiro atoms. The van der Waals surface area contributed by atoms with Crippen LogP contribution in [0.1, 0.15) is 18.5 Å². The van der Waals surface area contributed by atoms with Gasteiger partial charge in [0.15, 0.2) is 0 Å². The highest BCUT2D eigenvalue weighted by Gasteiger charge is 2.21. The van der Waals surface area contributed by atoms with Crippen LogP contribution in [-0.4, -0.2) is 53.0 Å². The summed E-state index contributed by atoms with van der Waals surface area (Å²) in [6.45, 7) is 2.41. The summed E-state index contributed by atoms with van der Waals surface area (Å²) in [4.78, 5) is 12.5. The van der Waals surface area contributed by atoms with E-state index in [0.29, 0.717) is 18.7 Å². The van der Waals surface area contributed by atoms with E-state index >= 15 is 0 Å². The van der Waals surface area contributed by atoms with Crippen molar-refractivity contribution in [3.05, 3.63) is 23.8 Å². The molecule has 0 aliphatic rings. The van der Waals surface area contributed by atoms with Crippen LogP contribution in [-0.2, 0) is 9.53 Å². The van der Waals surface area contributed by atoms with Gasteiger partial charge in [0.1, 0.15) is 11.5 Å². The van der Waals surface area contributed by atoms with Crippen molar-refractivity contribution in [2.24, 2.45) is 0 Å². The second-order valence-electron chi connectivity index (χ2n) is 4.28. The highest BCUT2D eigenvalue weighted by molar-refractivity contribution is 5.69. The topological polar surface area (TPSA) is 90.2 Å². The Morgan fingerprint density at radius 2 is 2.11 bits per heavy atom. The van der Waals surface area contributed by atoms with Gasteiger partial charge in [-0.25, -0.2) is 0 Å². The Kier molecular flexibility index (Phi) is 5.59. The van der Waals surface area contributed by atoms with Gasteiger partial charge in [-0.1, -0.05) is 0 Å². The van der Waals surface area contributed by atoms with Crippen LogP contribution in [0.5, 0.6) is 11.5 Å². The van der Waals surface area contributed by atoms with E-state index < -0.39 is 5.97 Å². The number of nitrogens with zero attached hydrogens (tertiary/aromatic N) is 1. The minimum atomic E-state index is -0.956. The van der Waals surface area contributed by atoms with Gasteiger partial charge in [0.2, 0.25) is 0 Å². The predicted molar refractivity (Wildman–Crippen MR) is 69.3 cm³/mol. The number of rotatable bonds is 7. The van der Waals surface area contributed by atoms with Crippen molar-refractivity contribution in [1.29, 1.82) is 0 Å². The van der Waals surface area contributed by atoms with Crippen molar-refractivity contribution in [3.8, 4) is 11.5 Å². The van der Waals surface area contributed by atoms with Gasteiger partial charge in [-0.3, -0.25) is 9.69 Å². The maximum Gasteiger partial charge on any atom is 0.317 e. The van der Waals surface area contributed by atoms with Crippen molar-refractivity contribution in [2.75, 3.05) is 26.8 Å². The maximum atomic E-state index is 10.9. The SMILES string of the molecule is COCCN(CC(=O)O)C(C)c1cc(O)ccc1O. The summed E-state index contributed by atoms with van der Waals surface area (Å²) in [5.74, 6) is -0.901. The summed E-state index contributed by atoms with van der Waals surface area (Å²) in [6, 6.07) is 3.85. The number of carbonyl (C=O) groups is 1. The van der Waals surface area contributed by atoms with Gasteiger partial charge in [-0.2, -0.15) is 0 Å². The van der Waals surface area contributed by atoms with Crippen molar-refractivity contribution < 1.29 is 24.9 Å². The first-order chi connectivity index (χ1) is 8.95. The molecule has 106 valence electrons. The number of phenols is 2. The fourth-order valence-corrected chi connectivity index (χ4v) is 1.87. The van der Waals surface area contributed by atoms with Crippen LogP contribution in [0.25, 0.3) is 0 Å². The molecule has 0 fully saturated rings. The van der Waals surface area contributed by atoms with Gasteiger partial charge in [0.25, 0.3) is 0 Å². The minimum absolute atomic E-state index is 0.0260.